The van der Waals surface area contributed by atoms with Gasteiger partial charge in [0.1, 0.15) is 13.6 Å². The van der Waals surface area contributed by atoms with Crippen molar-refractivity contribution in [2.45, 2.75) is 6.42 Å². The van der Waals surface area contributed by atoms with Crippen molar-refractivity contribution in [1.29, 1.82) is 0 Å². The Morgan fingerprint density at radius 3 is 2.32 bits per heavy atom. The summed E-state index contributed by atoms with van der Waals surface area (Å²) in [4.78, 5) is 34.1. The molecule has 110 valence electrons. The molecule has 0 aliphatic carbocycles. The summed E-state index contributed by atoms with van der Waals surface area (Å²) in [5.74, 6) is -1.13. The van der Waals surface area contributed by atoms with Gasteiger partial charge in [0, 0.05) is 17.7 Å². The van der Waals surface area contributed by atoms with Crippen LogP contribution in [0.5, 0.6) is 5.75 Å². The zero-order valence-electron chi connectivity index (χ0n) is 11.8. The van der Waals surface area contributed by atoms with Gasteiger partial charge in [-0.05, 0) is 18.2 Å². The van der Waals surface area contributed by atoms with E-state index in [1.165, 1.54) is 36.4 Å². The van der Waals surface area contributed by atoms with E-state index in [0.29, 0.717) is 0 Å². The summed E-state index contributed by atoms with van der Waals surface area (Å²) in [6.45, 7) is 0. The SMILES string of the molecule is Bc1ccc(O)c(C(=O)CC(=O)c2ccc([N+](=O)[O-])cc2)c1. The van der Waals surface area contributed by atoms with Crippen LogP contribution in [0.25, 0.3) is 0 Å². The molecule has 0 aliphatic rings. The first-order valence-corrected chi connectivity index (χ1v) is 6.49. The largest absolute Gasteiger partial charge is 0.507 e. The number of aromatic hydroxyl groups is 1. The molecule has 2 aromatic rings. The number of non-ortho nitro benzene ring substituents is 1. The third-order valence-corrected chi connectivity index (χ3v) is 3.17. The average molecular weight is 297 g/mol. The molecule has 0 spiro atoms. The maximum atomic E-state index is 12.1. The van der Waals surface area contributed by atoms with E-state index in [1.807, 2.05) is 0 Å². The number of carbonyl (C=O) groups is 2. The van der Waals surface area contributed by atoms with Crippen LogP contribution in [0.4, 0.5) is 5.69 Å². The first kappa shape index (κ1) is 15.4. The first-order valence-electron chi connectivity index (χ1n) is 6.49. The van der Waals surface area contributed by atoms with Crippen LogP contribution in [0.2, 0.25) is 0 Å². The number of hydrogen-bond acceptors (Lipinski definition) is 5. The van der Waals surface area contributed by atoms with Crippen molar-refractivity contribution in [3.63, 3.8) is 0 Å². The highest BCUT2D eigenvalue weighted by Crippen LogP contribution is 2.18. The standard InChI is InChI=1S/C15H12BNO5/c16-10-3-6-13(18)12(7-10)15(20)8-14(19)9-1-4-11(5-2-9)17(21)22/h1-7,18H,8,16H2. The molecular formula is C15H12BNO5. The highest BCUT2D eigenvalue weighted by atomic mass is 16.6. The molecule has 0 amide bonds. The number of Topliss-reactive ketones (excluding diaryl/α,β-unsaturated/α-hetero) is 2. The summed E-state index contributed by atoms with van der Waals surface area (Å²) < 4.78 is 0. The van der Waals surface area contributed by atoms with Gasteiger partial charge in [0.2, 0.25) is 0 Å². The lowest BCUT2D eigenvalue weighted by molar-refractivity contribution is -0.384. The third kappa shape index (κ3) is 3.38. The predicted molar refractivity (Wildman–Crippen MR) is 82.7 cm³/mol. The van der Waals surface area contributed by atoms with E-state index in [9.17, 15) is 24.8 Å². The molecule has 1 N–H and O–H groups in total. The second kappa shape index (κ2) is 6.21. The molecule has 0 saturated carbocycles. The van der Waals surface area contributed by atoms with Crippen molar-refractivity contribution in [3.8, 4) is 5.75 Å². The van der Waals surface area contributed by atoms with Crippen molar-refractivity contribution in [2.24, 2.45) is 0 Å². The highest BCUT2D eigenvalue weighted by Gasteiger charge is 2.17. The quantitative estimate of drug-likeness (QED) is 0.292. The van der Waals surface area contributed by atoms with Crippen LogP contribution in [-0.4, -0.2) is 29.4 Å². The Morgan fingerprint density at radius 1 is 1.09 bits per heavy atom. The van der Waals surface area contributed by atoms with Crippen LogP contribution in [0.15, 0.2) is 42.5 Å². The van der Waals surface area contributed by atoms with E-state index >= 15 is 0 Å². The molecule has 0 atom stereocenters. The summed E-state index contributed by atoms with van der Waals surface area (Å²) in [5, 5.41) is 20.2. The molecule has 2 rings (SSSR count). The van der Waals surface area contributed by atoms with Gasteiger partial charge < -0.3 is 5.11 Å². The minimum atomic E-state index is -0.565. The minimum Gasteiger partial charge on any atom is -0.507 e. The Labute approximate surface area is 127 Å². The van der Waals surface area contributed by atoms with Crippen molar-refractivity contribution >= 4 is 30.6 Å². The fraction of sp³-hybridized carbons (Fsp3) is 0.0667. The smallest absolute Gasteiger partial charge is 0.269 e. The van der Waals surface area contributed by atoms with Gasteiger partial charge in [0.25, 0.3) is 5.69 Å². The second-order valence-electron chi connectivity index (χ2n) is 4.85. The van der Waals surface area contributed by atoms with Gasteiger partial charge in [0.05, 0.1) is 16.9 Å². The van der Waals surface area contributed by atoms with Gasteiger partial charge >= 0.3 is 0 Å². The van der Waals surface area contributed by atoms with Crippen LogP contribution >= 0.6 is 0 Å². The number of phenolic OH excluding ortho intramolecular Hbond substituents is 1. The van der Waals surface area contributed by atoms with E-state index in [0.717, 1.165) is 5.46 Å². The number of ketones is 2. The Balaban J connectivity index is 2.16. The highest BCUT2D eigenvalue weighted by molar-refractivity contribution is 6.33. The monoisotopic (exact) mass is 297 g/mol. The van der Waals surface area contributed by atoms with Gasteiger partial charge in [0.15, 0.2) is 11.6 Å². The number of nitro groups is 1. The van der Waals surface area contributed by atoms with Crippen molar-refractivity contribution < 1.29 is 19.6 Å². The molecular weight excluding hydrogens is 285 g/mol. The molecule has 0 aliphatic heterocycles. The zero-order chi connectivity index (χ0) is 16.3. The van der Waals surface area contributed by atoms with E-state index in [4.69, 9.17) is 0 Å². The van der Waals surface area contributed by atoms with Gasteiger partial charge in [-0.2, -0.15) is 0 Å². The van der Waals surface area contributed by atoms with E-state index in [1.54, 1.807) is 13.9 Å². The molecule has 0 bridgehead atoms. The van der Waals surface area contributed by atoms with Crippen LogP contribution in [-0.2, 0) is 0 Å². The Kier molecular flexibility index (Phi) is 4.36. The molecule has 2 aromatic carbocycles. The first-order chi connectivity index (χ1) is 10.4. The zero-order valence-corrected chi connectivity index (χ0v) is 11.8. The van der Waals surface area contributed by atoms with Crippen LogP contribution in [0, 0.1) is 10.1 Å². The molecule has 0 heterocycles. The van der Waals surface area contributed by atoms with E-state index in [-0.39, 0.29) is 22.6 Å². The summed E-state index contributed by atoms with van der Waals surface area (Å²) in [6, 6.07) is 9.61. The van der Waals surface area contributed by atoms with Crippen molar-refractivity contribution in [2.75, 3.05) is 0 Å². The Morgan fingerprint density at radius 2 is 1.73 bits per heavy atom. The number of hydrogen-bond donors (Lipinski definition) is 1. The minimum absolute atomic E-state index is 0.0928. The molecule has 0 unspecified atom stereocenters. The Bertz CT molecular complexity index is 755. The van der Waals surface area contributed by atoms with Crippen molar-refractivity contribution in [1.82, 2.24) is 0 Å². The molecule has 0 radical (unpaired) electrons. The maximum absolute atomic E-state index is 12.1. The van der Waals surface area contributed by atoms with Crippen LogP contribution in [0.3, 0.4) is 0 Å². The lowest BCUT2D eigenvalue weighted by atomic mass is 9.91. The third-order valence-electron chi connectivity index (χ3n) is 3.17. The molecule has 22 heavy (non-hydrogen) atoms. The van der Waals surface area contributed by atoms with E-state index in [2.05, 4.69) is 0 Å². The number of rotatable bonds is 5. The van der Waals surface area contributed by atoms with E-state index < -0.39 is 22.9 Å². The lowest BCUT2D eigenvalue weighted by Crippen LogP contribution is -2.12. The van der Waals surface area contributed by atoms with Gasteiger partial charge in [-0.1, -0.05) is 17.6 Å². The summed E-state index contributed by atoms with van der Waals surface area (Å²) in [5.41, 5.74) is 0.976. The number of phenols is 1. The number of nitrogens with zero attached hydrogens (tertiary/aromatic N) is 1. The maximum Gasteiger partial charge on any atom is 0.269 e. The summed E-state index contributed by atoms with van der Waals surface area (Å²) in [6.07, 6.45) is -0.408. The van der Waals surface area contributed by atoms with Gasteiger partial charge in [-0.25, -0.2) is 0 Å². The van der Waals surface area contributed by atoms with Crippen molar-refractivity contribution in [3.05, 3.63) is 63.7 Å². The number of nitro benzene ring substituents is 1. The normalized spacial score (nSPS) is 10.2. The molecule has 0 fully saturated rings. The average Bonchev–Trinajstić information content (AvgIpc) is 2.49. The summed E-state index contributed by atoms with van der Waals surface area (Å²) >= 11 is 0. The molecule has 0 aromatic heterocycles. The van der Waals surface area contributed by atoms with Crippen LogP contribution in [0.1, 0.15) is 27.1 Å². The fourth-order valence-corrected chi connectivity index (χ4v) is 1.99. The van der Waals surface area contributed by atoms with Crippen LogP contribution < -0.4 is 5.46 Å². The predicted octanol–water partition coefficient (Wildman–Crippen LogP) is 1.01. The lowest BCUT2D eigenvalue weighted by Gasteiger charge is -2.05. The topological polar surface area (TPSA) is 97.5 Å². The van der Waals surface area contributed by atoms with Gasteiger partial charge in [-0.3, -0.25) is 19.7 Å². The summed E-state index contributed by atoms with van der Waals surface area (Å²) in [7, 11) is 1.77. The molecule has 6 nitrogen and oxygen atoms in total. The van der Waals surface area contributed by atoms with Gasteiger partial charge in [-0.15, -0.1) is 0 Å². The molecule has 0 saturated heterocycles. The number of carbonyl (C=O) groups excluding carboxylic acids is 2. The molecule has 7 heteroatoms. The second-order valence-corrected chi connectivity index (χ2v) is 4.85. The fourth-order valence-electron chi connectivity index (χ4n) is 1.99. The Hall–Kier alpha value is -2.96. The number of benzene rings is 2.